The van der Waals surface area contributed by atoms with Crippen LogP contribution in [0.5, 0.6) is 0 Å². The second-order valence-corrected chi connectivity index (χ2v) is 5.81. The van der Waals surface area contributed by atoms with Gasteiger partial charge in [0.25, 0.3) is 0 Å². The Bertz CT molecular complexity index is 751. The summed E-state index contributed by atoms with van der Waals surface area (Å²) in [5, 5.41) is 0. The van der Waals surface area contributed by atoms with Crippen LogP contribution in [0.25, 0.3) is 11.1 Å². The Balaban J connectivity index is 2.00. The molecule has 0 N–H and O–H groups in total. The van der Waals surface area contributed by atoms with Gasteiger partial charge in [0, 0.05) is 23.7 Å². The van der Waals surface area contributed by atoms with Crippen molar-refractivity contribution < 1.29 is 0 Å². The molecule has 0 radical (unpaired) electrons. The Labute approximate surface area is 135 Å². The van der Waals surface area contributed by atoms with Gasteiger partial charge in [-0.25, -0.2) is 0 Å². The topological polar surface area (TPSA) is 0 Å². The number of benzene rings is 2. The Kier molecular flexibility index (Phi) is 4.63. The fraction of sp³-hybridized carbons (Fsp3) is 0.238. The molecule has 0 saturated heterocycles. The third-order valence-corrected chi connectivity index (χ3v) is 4.11. The van der Waals surface area contributed by atoms with Crippen molar-refractivity contribution in [1.29, 1.82) is 0 Å². The number of hydrogen-bond acceptors (Lipinski definition) is 0. The molecule has 1 aliphatic rings. The first-order chi connectivity index (χ1) is 10.8. The molecular formula is C21H19P. The minimum Gasteiger partial charge on any atom is -0.125 e. The predicted octanol–water partition coefficient (Wildman–Crippen LogP) is 4.44. The minimum atomic E-state index is 0.821. The van der Waals surface area contributed by atoms with Gasteiger partial charge < -0.3 is 0 Å². The molecular weight excluding hydrogens is 283 g/mol. The lowest BCUT2D eigenvalue weighted by atomic mass is 9.84. The van der Waals surface area contributed by atoms with Crippen LogP contribution in [0.2, 0.25) is 0 Å². The van der Waals surface area contributed by atoms with Gasteiger partial charge in [-0.3, -0.25) is 0 Å². The van der Waals surface area contributed by atoms with Crippen LogP contribution in [0.15, 0.2) is 36.4 Å². The molecule has 1 atom stereocenters. The number of aryl methyl sites for hydroxylation is 2. The highest BCUT2D eigenvalue weighted by molar-refractivity contribution is 7.16. The maximum Gasteiger partial charge on any atom is 0.0248 e. The molecule has 2 aromatic carbocycles. The highest BCUT2D eigenvalue weighted by Crippen LogP contribution is 2.34. The third kappa shape index (κ3) is 3.09. The lowest BCUT2D eigenvalue weighted by Gasteiger charge is -2.20. The second-order valence-electron chi connectivity index (χ2n) is 5.41. The van der Waals surface area contributed by atoms with E-state index in [-0.39, 0.29) is 0 Å². The molecule has 0 bridgehead atoms. The Morgan fingerprint density at radius 3 is 1.91 bits per heavy atom. The summed E-state index contributed by atoms with van der Waals surface area (Å²) in [6, 6.07) is 13.2. The lowest BCUT2D eigenvalue weighted by Crippen LogP contribution is -2.04. The molecule has 0 fully saturated rings. The first-order valence-electron chi connectivity index (χ1n) is 7.76. The van der Waals surface area contributed by atoms with Crippen LogP contribution in [0.4, 0.5) is 0 Å². The summed E-state index contributed by atoms with van der Waals surface area (Å²) >= 11 is 0. The highest BCUT2D eigenvalue weighted by atomic mass is 31.0. The Morgan fingerprint density at radius 2 is 1.41 bits per heavy atom. The molecule has 0 saturated carbocycles. The summed E-state index contributed by atoms with van der Waals surface area (Å²) in [6.45, 7) is 2.08. The van der Waals surface area contributed by atoms with Crippen molar-refractivity contribution in [2.75, 3.05) is 6.16 Å². The average Bonchev–Trinajstić information content (AvgIpc) is 2.57. The normalized spacial score (nSPS) is 11.4. The molecule has 22 heavy (non-hydrogen) atoms. The summed E-state index contributed by atoms with van der Waals surface area (Å²) < 4.78 is 0. The molecule has 0 amide bonds. The molecule has 0 spiro atoms. The molecule has 0 nitrogen and oxygen atoms in total. The molecule has 1 aliphatic carbocycles. The van der Waals surface area contributed by atoms with Crippen LogP contribution >= 0.6 is 9.24 Å². The van der Waals surface area contributed by atoms with Crippen LogP contribution in [0.1, 0.15) is 35.6 Å². The van der Waals surface area contributed by atoms with E-state index in [2.05, 4.69) is 76.2 Å². The van der Waals surface area contributed by atoms with Crippen LogP contribution in [-0.2, 0) is 12.8 Å². The monoisotopic (exact) mass is 302 g/mol. The first kappa shape index (κ1) is 14.9. The van der Waals surface area contributed by atoms with E-state index in [9.17, 15) is 0 Å². The third-order valence-electron chi connectivity index (χ3n) is 3.91. The van der Waals surface area contributed by atoms with Gasteiger partial charge in [0.2, 0.25) is 0 Å². The molecule has 2 aromatic rings. The lowest BCUT2D eigenvalue weighted by molar-refractivity contribution is 0.940. The average molecular weight is 302 g/mol. The molecule has 108 valence electrons. The molecule has 1 heteroatoms. The Hall–Kier alpha value is -2.01. The van der Waals surface area contributed by atoms with E-state index in [0.717, 1.165) is 36.6 Å². The maximum atomic E-state index is 3.23. The van der Waals surface area contributed by atoms with Crippen molar-refractivity contribution in [3.63, 3.8) is 0 Å². The van der Waals surface area contributed by atoms with Crippen LogP contribution in [0.3, 0.4) is 0 Å². The molecule has 0 aromatic heterocycles. The number of hydrogen-bond donors (Lipinski definition) is 0. The molecule has 3 rings (SSSR count). The smallest absolute Gasteiger partial charge is 0.0248 e. The fourth-order valence-electron chi connectivity index (χ4n) is 2.90. The zero-order chi connectivity index (χ0) is 15.4. The van der Waals surface area contributed by atoms with E-state index < -0.39 is 0 Å². The minimum absolute atomic E-state index is 0.821. The summed E-state index contributed by atoms with van der Waals surface area (Å²) in [5.41, 5.74) is 7.79. The van der Waals surface area contributed by atoms with Gasteiger partial charge in [-0.2, -0.15) is 0 Å². The molecule has 0 heterocycles. The van der Waals surface area contributed by atoms with E-state index in [0.29, 0.717) is 0 Å². The number of fused-ring (bicyclic) bond motifs is 3. The summed E-state index contributed by atoms with van der Waals surface area (Å²) in [6.07, 6.45) is 3.90. The van der Waals surface area contributed by atoms with Gasteiger partial charge in [0.1, 0.15) is 0 Å². The van der Waals surface area contributed by atoms with Gasteiger partial charge >= 0.3 is 0 Å². The Morgan fingerprint density at radius 1 is 0.864 bits per heavy atom. The van der Waals surface area contributed by atoms with Crippen molar-refractivity contribution in [3.8, 4) is 34.8 Å². The van der Waals surface area contributed by atoms with E-state index >= 15 is 0 Å². The van der Waals surface area contributed by atoms with E-state index in [1.807, 2.05) is 0 Å². The SMILES string of the molecule is CCC#Cc1ccc2c(c1)CCc1cc(C#CCP)ccc1-2. The largest absolute Gasteiger partial charge is 0.125 e. The summed E-state index contributed by atoms with van der Waals surface area (Å²) in [4.78, 5) is 0. The summed E-state index contributed by atoms with van der Waals surface area (Å²) in [5.74, 6) is 12.7. The summed E-state index contributed by atoms with van der Waals surface area (Å²) in [7, 11) is 2.64. The molecule has 0 aliphatic heterocycles. The highest BCUT2D eigenvalue weighted by Gasteiger charge is 2.16. The van der Waals surface area contributed by atoms with Crippen molar-refractivity contribution in [2.45, 2.75) is 26.2 Å². The van der Waals surface area contributed by atoms with Crippen molar-refractivity contribution >= 4 is 9.24 Å². The zero-order valence-corrected chi connectivity index (χ0v) is 14.0. The van der Waals surface area contributed by atoms with Crippen LogP contribution in [-0.4, -0.2) is 6.16 Å². The van der Waals surface area contributed by atoms with E-state index in [1.165, 1.54) is 22.3 Å². The van der Waals surface area contributed by atoms with Gasteiger partial charge in [-0.05, 0) is 59.4 Å². The molecule has 1 unspecified atom stereocenters. The second kappa shape index (κ2) is 6.83. The van der Waals surface area contributed by atoms with Gasteiger partial charge in [-0.1, -0.05) is 42.7 Å². The predicted molar refractivity (Wildman–Crippen MR) is 97.9 cm³/mol. The number of rotatable bonds is 0. The van der Waals surface area contributed by atoms with Crippen molar-refractivity contribution in [1.82, 2.24) is 0 Å². The zero-order valence-electron chi connectivity index (χ0n) is 12.9. The van der Waals surface area contributed by atoms with Gasteiger partial charge in [0.15, 0.2) is 0 Å². The fourth-order valence-corrected chi connectivity index (χ4v) is 3.00. The van der Waals surface area contributed by atoms with E-state index in [1.54, 1.807) is 0 Å². The van der Waals surface area contributed by atoms with Crippen LogP contribution < -0.4 is 0 Å². The van der Waals surface area contributed by atoms with Gasteiger partial charge in [0.05, 0.1) is 0 Å². The van der Waals surface area contributed by atoms with Crippen molar-refractivity contribution in [2.24, 2.45) is 0 Å². The standard InChI is InChI=1S/C21H19P/c1-2-3-5-16-7-11-20-18(14-16)9-10-19-15-17(6-4-13-22)8-12-21(19)20/h7-8,11-12,14-15H,2,9-10,13,22H2,1H3. The van der Waals surface area contributed by atoms with Crippen LogP contribution in [0, 0.1) is 23.7 Å². The van der Waals surface area contributed by atoms with Crippen molar-refractivity contribution in [3.05, 3.63) is 58.7 Å². The van der Waals surface area contributed by atoms with E-state index in [4.69, 9.17) is 0 Å². The van der Waals surface area contributed by atoms with Gasteiger partial charge in [-0.15, -0.1) is 9.24 Å². The quantitative estimate of drug-likeness (QED) is 0.498. The first-order valence-corrected chi connectivity index (χ1v) is 8.57. The maximum absolute atomic E-state index is 3.23.